The average Bonchev–Trinajstić information content (AvgIpc) is 2.83. The number of piperidine rings is 1. The fourth-order valence-corrected chi connectivity index (χ4v) is 5.71. The van der Waals surface area contributed by atoms with Gasteiger partial charge < -0.3 is 5.32 Å². The summed E-state index contributed by atoms with van der Waals surface area (Å²) >= 11 is 0. The van der Waals surface area contributed by atoms with Gasteiger partial charge in [-0.1, -0.05) is 66.7 Å². The van der Waals surface area contributed by atoms with E-state index in [1.807, 2.05) is 60.7 Å². The predicted octanol–water partition coefficient (Wildman–Crippen LogP) is 3.86. The zero-order chi connectivity index (χ0) is 22.6. The van der Waals surface area contributed by atoms with Crippen LogP contribution in [0.5, 0.6) is 0 Å². The van der Waals surface area contributed by atoms with Gasteiger partial charge in [0, 0.05) is 19.6 Å². The van der Waals surface area contributed by atoms with Crippen molar-refractivity contribution in [1.82, 2.24) is 9.62 Å². The maximum Gasteiger partial charge on any atom is 0.243 e. The first-order valence-corrected chi connectivity index (χ1v) is 12.0. The summed E-state index contributed by atoms with van der Waals surface area (Å²) in [6.07, 6.45) is 0.679. The maximum atomic E-state index is 13.6. The lowest BCUT2D eigenvalue weighted by atomic mass is 9.72. The highest BCUT2D eigenvalue weighted by Crippen LogP contribution is 2.37. The van der Waals surface area contributed by atoms with Crippen LogP contribution in [0.4, 0.5) is 4.39 Å². The molecule has 1 aliphatic rings. The van der Waals surface area contributed by atoms with Crippen LogP contribution in [-0.2, 0) is 26.8 Å². The Kier molecular flexibility index (Phi) is 6.39. The Labute approximate surface area is 187 Å². The minimum absolute atomic E-state index is 0.0711. The van der Waals surface area contributed by atoms with Crippen LogP contribution in [-0.4, -0.2) is 31.7 Å². The topological polar surface area (TPSA) is 66.5 Å². The zero-order valence-corrected chi connectivity index (χ0v) is 18.4. The zero-order valence-electron chi connectivity index (χ0n) is 17.6. The van der Waals surface area contributed by atoms with Crippen molar-refractivity contribution in [2.24, 2.45) is 0 Å². The van der Waals surface area contributed by atoms with Gasteiger partial charge in [0.05, 0.1) is 10.3 Å². The number of halogens is 1. The van der Waals surface area contributed by atoms with Gasteiger partial charge in [-0.2, -0.15) is 4.31 Å². The summed E-state index contributed by atoms with van der Waals surface area (Å²) in [5.74, 6) is -0.711. The number of amides is 1. The van der Waals surface area contributed by atoms with E-state index in [4.69, 9.17) is 0 Å². The third-order valence-corrected chi connectivity index (χ3v) is 7.96. The molecule has 0 radical (unpaired) electrons. The minimum Gasteiger partial charge on any atom is -0.351 e. The van der Waals surface area contributed by atoms with Crippen LogP contribution < -0.4 is 5.32 Å². The molecule has 0 unspecified atom stereocenters. The second-order valence-electron chi connectivity index (χ2n) is 7.98. The van der Waals surface area contributed by atoms with Gasteiger partial charge in [0.2, 0.25) is 15.9 Å². The molecular weight excluding hydrogens is 427 g/mol. The highest BCUT2D eigenvalue weighted by molar-refractivity contribution is 7.89. The van der Waals surface area contributed by atoms with Crippen molar-refractivity contribution in [2.75, 3.05) is 13.1 Å². The van der Waals surface area contributed by atoms with Crippen LogP contribution in [0.2, 0.25) is 0 Å². The Hall–Kier alpha value is -3.03. The number of nitrogens with one attached hydrogen (secondary N) is 1. The second kappa shape index (κ2) is 9.22. The molecule has 0 spiro atoms. The van der Waals surface area contributed by atoms with E-state index in [2.05, 4.69) is 5.32 Å². The smallest absolute Gasteiger partial charge is 0.243 e. The summed E-state index contributed by atoms with van der Waals surface area (Å²) in [6, 6.07) is 24.2. The Bertz CT molecular complexity index is 1180. The molecule has 3 aromatic carbocycles. The SMILES string of the molecule is O=C(NCc1ccccc1)C1(c2ccccc2)CCN(S(=O)(=O)c2cccc(F)c2)CC1. The summed E-state index contributed by atoms with van der Waals surface area (Å²) in [5, 5.41) is 3.04. The van der Waals surface area contributed by atoms with Crippen molar-refractivity contribution in [2.45, 2.75) is 29.7 Å². The van der Waals surface area contributed by atoms with Crippen molar-refractivity contribution in [1.29, 1.82) is 0 Å². The molecule has 5 nitrogen and oxygen atoms in total. The standard InChI is InChI=1S/C25H25FN2O3S/c26-22-12-7-13-23(18-22)32(30,31)28-16-14-25(15-17-28,21-10-5-2-6-11-21)24(29)27-19-20-8-3-1-4-9-20/h1-13,18H,14-17,19H2,(H,27,29). The highest BCUT2D eigenvalue weighted by atomic mass is 32.2. The lowest BCUT2D eigenvalue weighted by Gasteiger charge is -2.40. The first-order chi connectivity index (χ1) is 15.4. The highest BCUT2D eigenvalue weighted by Gasteiger charge is 2.45. The summed E-state index contributed by atoms with van der Waals surface area (Å²) < 4.78 is 41.0. The van der Waals surface area contributed by atoms with Gasteiger partial charge >= 0.3 is 0 Å². The summed E-state index contributed by atoms with van der Waals surface area (Å²) in [5.41, 5.74) is 1.04. The monoisotopic (exact) mass is 452 g/mol. The Balaban J connectivity index is 1.56. The second-order valence-corrected chi connectivity index (χ2v) is 9.92. The first kappa shape index (κ1) is 22.2. The van der Waals surface area contributed by atoms with E-state index in [1.165, 1.54) is 22.5 Å². The first-order valence-electron chi connectivity index (χ1n) is 10.6. The van der Waals surface area contributed by atoms with Crippen LogP contribution in [0.1, 0.15) is 24.0 Å². The van der Waals surface area contributed by atoms with Gasteiger partial charge in [0.1, 0.15) is 5.82 Å². The summed E-state index contributed by atoms with van der Waals surface area (Å²) in [4.78, 5) is 13.4. The van der Waals surface area contributed by atoms with Gasteiger partial charge in [-0.15, -0.1) is 0 Å². The summed E-state index contributed by atoms with van der Waals surface area (Å²) in [7, 11) is -3.84. The van der Waals surface area contributed by atoms with Crippen LogP contribution >= 0.6 is 0 Å². The van der Waals surface area contributed by atoms with Crippen molar-refractivity contribution >= 4 is 15.9 Å². The average molecular weight is 453 g/mol. The molecule has 1 fully saturated rings. The third-order valence-electron chi connectivity index (χ3n) is 6.07. The van der Waals surface area contributed by atoms with Crippen molar-refractivity contribution < 1.29 is 17.6 Å². The van der Waals surface area contributed by atoms with Gasteiger partial charge in [0.25, 0.3) is 0 Å². The molecule has 3 aromatic rings. The van der Waals surface area contributed by atoms with Crippen LogP contribution in [0.25, 0.3) is 0 Å². The molecule has 0 aliphatic carbocycles. The fraction of sp³-hybridized carbons (Fsp3) is 0.240. The molecule has 0 bridgehead atoms. The van der Waals surface area contributed by atoms with E-state index in [0.29, 0.717) is 19.4 Å². The Morgan fingerprint density at radius 2 is 1.53 bits per heavy atom. The molecule has 166 valence electrons. The van der Waals surface area contributed by atoms with Crippen molar-refractivity contribution in [3.63, 3.8) is 0 Å². The van der Waals surface area contributed by atoms with E-state index in [0.717, 1.165) is 17.2 Å². The van der Waals surface area contributed by atoms with Crippen LogP contribution in [0.15, 0.2) is 89.8 Å². The molecule has 0 saturated carbocycles. The van der Waals surface area contributed by atoms with E-state index < -0.39 is 21.3 Å². The van der Waals surface area contributed by atoms with Crippen LogP contribution in [0.3, 0.4) is 0 Å². The van der Waals surface area contributed by atoms with Gasteiger partial charge in [-0.05, 0) is 42.2 Å². The molecular formula is C25H25FN2O3S. The maximum absolute atomic E-state index is 13.6. The van der Waals surface area contributed by atoms with Crippen LogP contribution in [0, 0.1) is 5.82 Å². The van der Waals surface area contributed by atoms with Crippen molar-refractivity contribution in [3.8, 4) is 0 Å². The van der Waals surface area contributed by atoms with Crippen molar-refractivity contribution in [3.05, 3.63) is 102 Å². The largest absolute Gasteiger partial charge is 0.351 e. The number of carbonyl (C=O) groups excluding carboxylic acids is 1. The Morgan fingerprint density at radius 3 is 2.16 bits per heavy atom. The third kappa shape index (κ3) is 4.45. The number of nitrogens with zero attached hydrogens (tertiary/aromatic N) is 1. The van der Waals surface area contributed by atoms with E-state index in [9.17, 15) is 17.6 Å². The number of carbonyl (C=O) groups is 1. The molecule has 1 heterocycles. The molecule has 0 atom stereocenters. The number of hydrogen-bond acceptors (Lipinski definition) is 3. The van der Waals surface area contributed by atoms with E-state index in [-0.39, 0.29) is 23.9 Å². The van der Waals surface area contributed by atoms with Gasteiger partial charge in [0.15, 0.2) is 0 Å². The number of hydrogen-bond donors (Lipinski definition) is 1. The molecule has 1 amide bonds. The molecule has 1 N–H and O–H groups in total. The predicted molar refractivity (Wildman–Crippen MR) is 121 cm³/mol. The number of sulfonamides is 1. The minimum atomic E-state index is -3.84. The van der Waals surface area contributed by atoms with E-state index >= 15 is 0 Å². The molecule has 32 heavy (non-hydrogen) atoms. The molecule has 1 aliphatic heterocycles. The quantitative estimate of drug-likeness (QED) is 0.618. The number of rotatable bonds is 6. The molecule has 0 aromatic heterocycles. The fourth-order valence-electron chi connectivity index (χ4n) is 4.24. The van der Waals surface area contributed by atoms with Gasteiger partial charge in [-0.3, -0.25) is 4.79 Å². The molecule has 1 saturated heterocycles. The van der Waals surface area contributed by atoms with E-state index in [1.54, 1.807) is 0 Å². The number of benzene rings is 3. The summed E-state index contributed by atoms with van der Waals surface area (Å²) in [6.45, 7) is 0.749. The Morgan fingerprint density at radius 1 is 0.906 bits per heavy atom. The molecule has 7 heteroatoms. The van der Waals surface area contributed by atoms with Gasteiger partial charge in [-0.25, -0.2) is 12.8 Å². The lowest BCUT2D eigenvalue weighted by molar-refractivity contribution is -0.128. The lowest BCUT2D eigenvalue weighted by Crippen LogP contribution is -2.52. The normalized spacial score (nSPS) is 16.4. The molecule has 4 rings (SSSR count).